The van der Waals surface area contributed by atoms with Crippen molar-refractivity contribution < 1.29 is 14.6 Å². The summed E-state index contributed by atoms with van der Waals surface area (Å²) in [4.78, 5) is 12.1. The molecule has 0 aliphatic carbocycles. The van der Waals surface area contributed by atoms with Gasteiger partial charge in [0.15, 0.2) is 0 Å². The molecule has 0 saturated heterocycles. The first-order valence-corrected chi connectivity index (χ1v) is 7.60. The summed E-state index contributed by atoms with van der Waals surface area (Å²) in [5.41, 5.74) is 2.13. The lowest BCUT2D eigenvalue weighted by molar-refractivity contribution is -0.122. The Morgan fingerprint density at radius 3 is 2.43 bits per heavy atom. The van der Waals surface area contributed by atoms with Gasteiger partial charge in [-0.2, -0.15) is 0 Å². The summed E-state index contributed by atoms with van der Waals surface area (Å²) in [6.45, 7) is 0.234. The number of aryl methyl sites for hydroxylation is 1. The highest BCUT2D eigenvalue weighted by molar-refractivity contribution is 5.76. The molecule has 0 aliphatic rings. The lowest BCUT2D eigenvalue weighted by Gasteiger charge is -2.18. The van der Waals surface area contributed by atoms with Crippen molar-refractivity contribution >= 4 is 5.91 Å². The van der Waals surface area contributed by atoms with Crippen molar-refractivity contribution in [2.24, 2.45) is 0 Å². The van der Waals surface area contributed by atoms with E-state index in [1.807, 2.05) is 42.5 Å². The van der Waals surface area contributed by atoms with Crippen molar-refractivity contribution in [1.29, 1.82) is 0 Å². The van der Waals surface area contributed by atoms with Crippen LogP contribution in [-0.2, 0) is 22.4 Å². The van der Waals surface area contributed by atoms with Crippen molar-refractivity contribution in [3.63, 3.8) is 0 Å². The van der Waals surface area contributed by atoms with E-state index in [0.717, 1.165) is 11.1 Å². The number of hydrogen-bond donors (Lipinski definition) is 2. The van der Waals surface area contributed by atoms with Crippen LogP contribution in [0.25, 0.3) is 0 Å². The van der Waals surface area contributed by atoms with Crippen molar-refractivity contribution in [3.8, 4) is 5.75 Å². The summed E-state index contributed by atoms with van der Waals surface area (Å²) in [6, 6.07) is 16.5. The summed E-state index contributed by atoms with van der Waals surface area (Å²) >= 11 is 0. The quantitative estimate of drug-likeness (QED) is 0.788. The predicted octanol–water partition coefficient (Wildman–Crippen LogP) is 2.74. The molecule has 0 aromatic heterocycles. The van der Waals surface area contributed by atoms with Gasteiger partial charge in [-0.15, -0.1) is 0 Å². The third kappa shape index (κ3) is 6.12. The van der Waals surface area contributed by atoms with E-state index in [1.165, 1.54) is 0 Å². The number of rotatable bonds is 8. The van der Waals surface area contributed by atoms with E-state index in [4.69, 9.17) is 11.8 Å². The molecule has 2 aromatic rings. The smallest absolute Gasteiger partial charge is 0.220 e. The van der Waals surface area contributed by atoms with Gasteiger partial charge in [0, 0.05) is 6.42 Å². The second kappa shape index (κ2) is 8.96. The summed E-state index contributed by atoms with van der Waals surface area (Å²) in [5.74, 6) is 0.182. The minimum atomic E-state index is -0.201. The topological polar surface area (TPSA) is 58.6 Å². The molecule has 0 aliphatic heterocycles. The molecule has 0 saturated carbocycles. The molecule has 0 fully saturated rings. The van der Waals surface area contributed by atoms with E-state index in [0.29, 0.717) is 19.3 Å². The fourth-order valence-corrected chi connectivity index (χ4v) is 2.39. The molecular formula is C19H21NO3. The van der Waals surface area contributed by atoms with Gasteiger partial charge in [-0.1, -0.05) is 42.5 Å². The number of aromatic hydroxyl groups is 1. The number of phenolic OH excluding ortho intramolecular Hbond substituents is 1. The van der Waals surface area contributed by atoms with Crippen molar-refractivity contribution in [3.05, 3.63) is 72.8 Å². The van der Waals surface area contributed by atoms with Gasteiger partial charge in [0.05, 0.1) is 12.6 Å². The zero-order chi connectivity index (χ0) is 16.5. The molecular weight excluding hydrogens is 290 g/mol. The maximum Gasteiger partial charge on any atom is 0.220 e. The maximum atomic E-state index is 12.1. The van der Waals surface area contributed by atoms with Crippen LogP contribution in [0.4, 0.5) is 0 Å². The summed E-state index contributed by atoms with van der Waals surface area (Å²) in [5, 5.41) is 12.2. The molecule has 0 spiro atoms. The molecule has 1 amide bonds. The lowest BCUT2D eigenvalue weighted by atomic mass is 10.1. The van der Waals surface area contributed by atoms with E-state index < -0.39 is 0 Å². The second-order valence-electron chi connectivity index (χ2n) is 5.45. The van der Waals surface area contributed by atoms with E-state index >= 15 is 0 Å². The number of ether oxygens (including phenoxy) is 1. The number of nitrogens with one attached hydrogen (secondary N) is 1. The van der Waals surface area contributed by atoms with E-state index in [9.17, 15) is 9.90 Å². The molecule has 1 atom stereocenters. The van der Waals surface area contributed by atoms with Crippen molar-refractivity contribution in [2.75, 3.05) is 6.61 Å². The average Bonchev–Trinajstić information content (AvgIpc) is 2.56. The van der Waals surface area contributed by atoms with Crippen LogP contribution in [-0.4, -0.2) is 23.7 Å². The van der Waals surface area contributed by atoms with Crippen molar-refractivity contribution in [1.82, 2.24) is 5.32 Å². The Labute approximate surface area is 137 Å². The number of hydrogen-bond acceptors (Lipinski definition) is 3. The van der Waals surface area contributed by atoms with Gasteiger partial charge < -0.3 is 15.2 Å². The highest BCUT2D eigenvalue weighted by Crippen LogP contribution is 2.12. The monoisotopic (exact) mass is 311 g/mol. The SMILES string of the molecule is [CH]OCC(Cc1ccc(O)cc1)NC(=O)CCc1ccccc1. The van der Waals surface area contributed by atoms with Crippen LogP contribution < -0.4 is 5.32 Å². The van der Waals surface area contributed by atoms with E-state index in [2.05, 4.69) is 5.32 Å². The Morgan fingerprint density at radius 1 is 1.09 bits per heavy atom. The third-order valence-electron chi connectivity index (χ3n) is 3.56. The Kier molecular flexibility index (Phi) is 6.63. The van der Waals surface area contributed by atoms with Crippen LogP contribution in [0, 0.1) is 7.11 Å². The molecule has 2 rings (SSSR count). The molecule has 1 unspecified atom stereocenters. The minimum absolute atomic E-state index is 0.0327. The largest absolute Gasteiger partial charge is 0.508 e. The summed E-state index contributed by atoms with van der Waals surface area (Å²) in [7, 11) is 5.16. The van der Waals surface area contributed by atoms with Crippen LogP contribution in [0.3, 0.4) is 0 Å². The molecule has 4 heteroatoms. The fraction of sp³-hybridized carbons (Fsp3) is 0.263. The van der Waals surface area contributed by atoms with Gasteiger partial charge in [0.1, 0.15) is 12.9 Å². The zero-order valence-corrected chi connectivity index (χ0v) is 12.9. The first kappa shape index (κ1) is 17.0. The van der Waals surface area contributed by atoms with Crippen LogP contribution in [0.2, 0.25) is 0 Å². The summed E-state index contributed by atoms with van der Waals surface area (Å²) < 4.78 is 4.70. The van der Waals surface area contributed by atoms with Gasteiger partial charge in [-0.05, 0) is 36.1 Å². The third-order valence-corrected chi connectivity index (χ3v) is 3.56. The Balaban J connectivity index is 1.85. The fourth-order valence-electron chi connectivity index (χ4n) is 2.39. The molecule has 0 bridgehead atoms. The number of carbonyl (C=O) groups is 1. The number of carbonyl (C=O) groups excluding carboxylic acids is 1. The second-order valence-corrected chi connectivity index (χ2v) is 5.45. The van der Waals surface area contributed by atoms with Gasteiger partial charge in [0.2, 0.25) is 5.91 Å². The Bertz CT molecular complexity index is 596. The minimum Gasteiger partial charge on any atom is -0.508 e. The first-order valence-electron chi connectivity index (χ1n) is 7.60. The molecule has 23 heavy (non-hydrogen) atoms. The standard InChI is InChI=1S/C19H21NO3/c1-23-14-17(13-16-7-10-18(21)11-8-16)20-19(22)12-9-15-5-3-2-4-6-15/h1-8,10-11,17,21H,9,12-14H2,(H,20,22). The number of phenols is 1. The molecule has 2 aromatic carbocycles. The average molecular weight is 311 g/mol. The predicted molar refractivity (Wildman–Crippen MR) is 88.8 cm³/mol. The van der Waals surface area contributed by atoms with Gasteiger partial charge in [-0.3, -0.25) is 4.79 Å². The van der Waals surface area contributed by atoms with Crippen LogP contribution in [0.1, 0.15) is 17.5 Å². The van der Waals surface area contributed by atoms with Crippen LogP contribution >= 0.6 is 0 Å². The molecule has 120 valence electrons. The van der Waals surface area contributed by atoms with E-state index in [-0.39, 0.29) is 24.3 Å². The normalized spacial score (nSPS) is 11.9. The van der Waals surface area contributed by atoms with Crippen LogP contribution in [0.15, 0.2) is 54.6 Å². The molecule has 0 heterocycles. The maximum absolute atomic E-state index is 12.1. The number of benzene rings is 2. The van der Waals surface area contributed by atoms with Crippen molar-refractivity contribution in [2.45, 2.75) is 25.3 Å². The molecule has 2 N–H and O–H groups in total. The van der Waals surface area contributed by atoms with Gasteiger partial charge >= 0.3 is 0 Å². The highest BCUT2D eigenvalue weighted by atomic mass is 16.5. The number of amides is 1. The van der Waals surface area contributed by atoms with Crippen LogP contribution in [0.5, 0.6) is 5.75 Å². The lowest BCUT2D eigenvalue weighted by Crippen LogP contribution is -2.39. The Morgan fingerprint density at radius 2 is 1.78 bits per heavy atom. The first-order chi connectivity index (χ1) is 11.2. The Hall–Kier alpha value is -2.33. The highest BCUT2D eigenvalue weighted by Gasteiger charge is 2.13. The van der Waals surface area contributed by atoms with Gasteiger partial charge in [0.25, 0.3) is 0 Å². The van der Waals surface area contributed by atoms with E-state index in [1.54, 1.807) is 12.1 Å². The van der Waals surface area contributed by atoms with Gasteiger partial charge in [-0.25, -0.2) is 0 Å². The molecule has 4 nitrogen and oxygen atoms in total. The molecule has 2 radical (unpaired) electrons. The summed E-state index contributed by atoms with van der Waals surface area (Å²) in [6.07, 6.45) is 1.71. The zero-order valence-electron chi connectivity index (χ0n) is 12.9.